The SMILES string of the molecule is CCCC(=O)Nc1ccc(NC(=O)c2cc(I)ccc2Cl)cc1. The van der Waals surface area contributed by atoms with Gasteiger partial charge in [-0.3, -0.25) is 9.59 Å². The van der Waals surface area contributed by atoms with Crippen molar-refractivity contribution in [2.75, 3.05) is 10.6 Å². The molecule has 6 heteroatoms. The summed E-state index contributed by atoms with van der Waals surface area (Å²) in [4.78, 5) is 23.8. The number of carbonyl (C=O) groups is 2. The lowest BCUT2D eigenvalue weighted by Gasteiger charge is -2.09. The lowest BCUT2D eigenvalue weighted by Crippen LogP contribution is -2.13. The number of nitrogens with one attached hydrogen (secondary N) is 2. The fourth-order valence-corrected chi connectivity index (χ4v) is 2.65. The van der Waals surface area contributed by atoms with Crippen LogP contribution in [-0.4, -0.2) is 11.8 Å². The van der Waals surface area contributed by atoms with Crippen LogP contribution in [0, 0.1) is 3.57 Å². The van der Waals surface area contributed by atoms with Crippen LogP contribution in [0.1, 0.15) is 30.1 Å². The zero-order chi connectivity index (χ0) is 16.8. The molecule has 0 spiro atoms. The topological polar surface area (TPSA) is 58.2 Å². The van der Waals surface area contributed by atoms with Gasteiger partial charge in [-0.15, -0.1) is 0 Å². The fraction of sp³-hybridized carbons (Fsp3) is 0.176. The van der Waals surface area contributed by atoms with Gasteiger partial charge in [0.15, 0.2) is 0 Å². The monoisotopic (exact) mass is 442 g/mol. The molecule has 0 aromatic heterocycles. The van der Waals surface area contributed by atoms with E-state index in [1.807, 2.05) is 13.0 Å². The Balaban J connectivity index is 2.04. The van der Waals surface area contributed by atoms with Gasteiger partial charge in [-0.2, -0.15) is 0 Å². The van der Waals surface area contributed by atoms with Crippen LogP contribution in [0.2, 0.25) is 5.02 Å². The molecule has 0 aliphatic rings. The van der Waals surface area contributed by atoms with Crippen LogP contribution in [0.4, 0.5) is 11.4 Å². The van der Waals surface area contributed by atoms with E-state index in [0.717, 1.165) is 9.99 Å². The molecule has 0 aliphatic carbocycles. The summed E-state index contributed by atoms with van der Waals surface area (Å²) in [6.45, 7) is 1.95. The Morgan fingerprint density at radius 3 is 2.26 bits per heavy atom. The molecule has 0 atom stereocenters. The molecule has 2 aromatic carbocycles. The van der Waals surface area contributed by atoms with E-state index in [4.69, 9.17) is 11.6 Å². The largest absolute Gasteiger partial charge is 0.326 e. The molecule has 2 rings (SSSR count). The first-order chi connectivity index (χ1) is 11.0. The predicted molar refractivity (Wildman–Crippen MR) is 102 cm³/mol. The van der Waals surface area contributed by atoms with Gasteiger partial charge >= 0.3 is 0 Å². The molecule has 120 valence electrons. The molecule has 23 heavy (non-hydrogen) atoms. The van der Waals surface area contributed by atoms with E-state index in [1.54, 1.807) is 36.4 Å². The first-order valence-electron chi connectivity index (χ1n) is 7.16. The third-order valence-electron chi connectivity index (χ3n) is 3.08. The maximum Gasteiger partial charge on any atom is 0.257 e. The molecule has 2 N–H and O–H groups in total. The van der Waals surface area contributed by atoms with E-state index in [-0.39, 0.29) is 11.8 Å². The minimum Gasteiger partial charge on any atom is -0.326 e. The normalized spacial score (nSPS) is 10.2. The fourth-order valence-electron chi connectivity index (χ4n) is 1.96. The van der Waals surface area contributed by atoms with Gasteiger partial charge < -0.3 is 10.6 Å². The zero-order valence-corrected chi connectivity index (χ0v) is 15.4. The van der Waals surface area contributed by atoms with Crippen LogP contribution >= 0.6 is 34.2 Å². The number of carbonyl (C=O) groups excluding carboxylic acids is 2. The van der Waals surface area contributed by atoms with Crippen molar-refractivity contribution in [2.45, 2.75) is 19.8 Å². The Labute approximate surface area is 153 Å². The van der Waals surface area contributed by atoms with Crippen molar-refractivity contribution in [3.63, 3.8) is 0 Å². The first-order valence-corrected chi connectivity index (χ1v) is 8.61. The van der Waals surface area contributed by atoms with Crippen LogP contribution < -0.4 is 10.6 Å². The van der Waals surface area contributed by atoms with Crippen molar-refractivity contribution in [1.29, 1.82) is 0 Å². The summed E-state index contributed by atoms with van der Waals surface area (Å²) in [6.07, 6.45) is 1.29. The van der Waals surface area contributed by atoms with Crippen molar-refractivity contribution in [3.8, 4) is 0 Å². The molecule has 2 aromatic rings. The Morgan fingerprint density at radius 1 is 1.04 bits per heavy atom. The van der Waals surface area contributed by atoms with E-state index in [0.29, 0.717) is 28.4 Å². The number of halogens is 2. The summed E-state index contributed by atoms with van der Waals surface area (Å²) < 4.78 is 0.936. The second-order valence-corrected chi connectivity index (χ2v) is 6.61. The molecule has 0 fully saturated rings. The first kappa shape index (κ1) is 17.7. The molecule has 0 aliphatic heterocycles. The summed E-state index contributed by atoms with van der Waals surface area (Å²) >= 11 is 8.19. The molecular weight excluding hydrogens is 427 g/mol. The van der Waals surface area contributed by atoms with E-state index in [1.165, 1.54) is 0 Å². The average Bonchev–Trinajstić information content (AvgIpc) is 2.52. The van der Waals surface area contributed by atoms with E-state index in [2.05, 4.69) is 33.2 Å². The lowest BCUT2D eigenvalue weighted by molar-refractivity contribution is -0.116. The van der Waals surface area contributed by atoms with E-state index in [9.17, 15) is 9.59 Å². The van der Waals surface area contributed by atoms with Gasteiger partial charge in [-0.25, -0.2) is 0 Å². The summed E-state index contributed by atoms with van der Waals surface area (Å²) in [7, 11) is 0. The van der Waals surface area contributed by atoms with Gasteiger partial charge in [-0.05, 0) is 71.5 Å². The Hall–Kier alpha value is -1.60. The maximum absolute atomic E-state index is 12.3. The second-order valence-electron chi connectivity index (χ2n) is 4.95. The zero-order valence-electron chi connectivity index (χ0n) is 12.5. The Morgan fingerprint density at radius 2 is 1.65 bits per heavy atom. The molecule has 0 radical (unpaired) electrons. The van der Waals surface area contributed by atoms with E-state index < -0.39 is 0 Å². The Bertz CT molecular complexity index is 717. The summed E-state index contributed by atoms with van der Waals surface area (Å²) in [5, 5.41) is 6.00. The van der Waals surface area contributed by atoms with Crippen molar-refractivity contribution in [3.05, 3.63) is 56.6 Å². The predicted octanol–water partition coefficient (Wildman–Crippen LogP) is 4.94. The number of amides is 2. The van der Waals surface area contributed by atoms with E-state index >= 15 is 0 Å². The molecule has 0 bridgehead atoms. The van der Waals surface area contributed by atoms with Crippen LogP contribution in [0.25, 0.3) is 0 Å². The number of benzene rings is 2. The van der Waals surface area contributed by atoms with Crippen LogP contribution in [-0.2, 0) is 4.79 Å². The van der Waals surface area contributed by atoms with Crippen molar-refractivity contribution >= 4 is 57.4 Å². The lowest BCUT2D eigenvalue weighted by atomic mass is 10.2. The molecular formula is C17H16ClIN2O2. The summed E-state index contributed by atoms with van der Waals surface area (Å²) in [5.41, 5.74) is 1.77. The number of hydrogen-bond donors (Lipinski definition) is 2. The minimum absolute atomic E-state index is 0.0186. The quantitative estimate of drug-likeness (QED) is 0.645. The summed E-state index contributed by atoms with van der Waals surface area (Å²) in [5.74, 6) is -0.286. The molecule has 0 heterocycles. The average molecular weight is 443 g/mol. The molecule has 0 saturated carbocycles. The minimum atomic E-state index is -0.267. The third-order valence-corrected chi connectivity index (χ3v) is 4.08. The van der Waals surface area contributed by atoms with Gasteiger partial charge in [0.05, 0.1) is 10.6 Å². The van der Waals surface area contributed by atoms with Crippen molar-refractivity contribution in [2.24, 2.45) is 0 Å². The summed E-state index contributed by atoms with van der Waals surface area (Å²) in [6, 6.07) is 12.2. The maximum atomic E-state index is 12.3. The molecule has 2 amide bonds. The van der Waals surface area contributed by atoms with Gasteiger partial charge in [0.25, 0.3) is 5.91 Å². The number of rotatable bonds is 5. The smallest absolute Gasteiger partial charge is 0.257 e. The number of anilines is 2. The highest BCUT2D eigenvalue weighted by Gasteiger charge is 2.11. The number of hydrogen-bond acceptors (Lipinski definition) is 2. The molecule has 4 nitrogen and oxygen atoms in total. The van der Waals surface area contributed by atoms with Crippen LogP contribution in [0.5, 0.6) is 0 Å². The highest BCUT2D eigenvalue weighted by Crippen LogP contribution is 2.21. The second kappa shape index (κ2) is 8.31. The van der Waals surface area contributed by atoms with Gasteiger partial charge in [0.2, 0.25) is 5.91 Å². The van der Waals surface area contributed by atoms with Crippen LogP contribution in [0.15, 0.2) is 42.5 Å². The Kier molecular flexibility index (Phi) is 6.41. The van der Waals surface area contributed by atoms with Crippen molar-refractivity contribution < 1.29 is 9.59 Å². The van der Waals surface area contributed by atoms with Gasteiger partial charge in [0, 0.05) is 21.4 Å². The van der Waals surface area contributed by atoms with Gasteiger partial charge in [0.1, 0.15) is 0 Å². The van der Waals surface area contributed by atoms with Crippen LogP contribution in [0.3, 0.4) is 0 Å². The van der Waals surface area contributed by atoms with Crippen molar-refractivity contribution in [1.82, 2.24) is 0 Å². The third kappa shape index (κ3) is 5.21. The highest BCUT2D eigenvalue weighted by atomic mass is 127. The standard InChI is InChI=1S/C17H16ClIN2O2/c1-2-3-16(22)20-12-5-7-13(8-6-12)21-17(23)14-10-11(19)4-9-15(14)18/h4-10H,2-3H2,1H3,(H,20,22)(H,21,23). The van der Waals surface area contributed by atoms with Gasteiger partial charge in [-0.1, -0.05) is 18.5 Å². The molecule has 0 saturated heterocycles. The molecule has 0 unspecified atom stereocenters. The highest BCUT2D eigenvalue weighted by molar-refractivity contribution is 14.1.